The molecule has 3 unspecified atom stereocenters. The Bertz CT molecular complexity index is 573. The average Bonchev–Trinajstić information content (AvgIpc) is 2.48. The lowest BCUT2D eigenvalue weighted by molar-refractivity contribution is 0.290. The summed E-state index contributed by atoms with van der Waals surface area (Å²) in [5.74, 6) is 0.499. The molecular weight excluding hydrogens is 306 g/mol. The van der Waals surface area contributed by atoms with E-state index in [2.05, 4.69) is 12.2 Å². The minimum absolute atomic E-state index is 0.0433. The Balaban J connectivity index is 2.33. The minimum atomic E-state index is -3.35. The van der Waals surface area contributed by atoms with E-state index in [4.69, 9.17) is 11.6 Å². The van der Waals surface area contributed by atoms with Crippen molar-refractivity contribution in [2.75, 3.05) is 6.54 Å². The van der Waals surface area contributed by atoms with Gasteiger partial charge >= 0.3 is 0 Å². The second-order valence-electron chi connectivity index (χ2n) is 5.79. The summed E-state index contributed by atoms with van der Waals surface area (Å²) in [5, 5.41) is 3.48. The molecule has 1 saturated carbocycles. The van der Waals surface area contributed by atoms with E-state index in [0.29, 0.717) is 15.8 Å². The SMILES string of the molecule is CCNC1CCC(CC)CC1S(=O)(=O)c1cccc(Cl)c1. The smallest absolute Gasteiger partial charge is 0.182 e. The van der Waals surface area contributed by atoms with Crippen LogP contribution in [0.25, 0.3) is 0 Å². The first-order valence-corrected chi connectivity index (χ1v) is 9.64. The van der Waals surface area contributed by atoms with Crippen molar-refractivity contribution in [2.45, 2.75) is 55.7 Å². The third kappa shape index (κ3) is 3.79. The van der Waals surface area contributed by atoms with Crippen LogP contribution >= 0.6 is 11.6 Å². The van der Waals surface area contributed by atoms with E-state index in [0.717, 1.165) is 32.2 Å². The van der Waals surface area contributed by atoms with Crippen LogP contribution in [0.5, 0.6) is 0 Å². The van der Waals surface area contributed by atoms with Crippen molar-refractivity contribution < 1.29 is 8.42 Å². The Morgan fingerprint density at radius 3 is 2.67 bits per heavy atom. The standard InChI is InChI=1S/C16H24ClNO2S/c1-3-12-8-9-15(18-4-2)16(10-12)21(19,20)14-7-5-6-13(17)11-14/h5-7,11-12,15-16,18H,3-4,8-10H2,1-2H3. The van der Waals surface area contributed by atoms with Gasteiger partial charge in [-0.25, -0.2) is 8.42 Å². The summed E-state index contributed by atoms with van der Waals surface area (Å²) < 4.78 is 26.0. The minimum Gasteiger partial charge on any atom is -0.313 e. The van der Waals surface area contributed by atoms with Gasteiger partial charge in [0.05, 0.1) is 10.1 Å². The molecule has 2 rings (SSSR count). The first-order chi connectivity index (χ1) is 9.98. The fourth-order valence-electron chi connectivity index (χ4n) is 3.24. The first-order valence-electron chi connectivity index (χ1n) is 7.71. The summed E-state index contributed by atoms with van der Waals surface area (Å²) >= 11 is 5.96. The van der Waals surface area contributed by atoms with Crippen molar-refractivity contribution >= 4 is 21.4 Å². The summed E-state index contributed by atoms with van der Waals surface area (Å²) in [6, 6.07) is 6.67. The van der Waals surface area contributed by atoms with Crippen LogP contribution in [0, 0.1) is 5.92 Å². The van der Waals surface area contributed by atoms with Gasteiger partial charge < -0.3 is 5.32 Å². The molecule has 1 aromatic rings. The summed E-state index contributed by atoms with van der Waals surface area (Å²) in [6.07, 6.45) is 3.82. The van der Waals surface area contributed by atoms with E-state index in [9.17, 15) is 8.42 Å². The molecule has 0 radical (unpaired) electrons. The lowest BCUT2D eigenvalue weighted by Crippen LogP contribution is -2.48. The van der Waals surface area contributed by atoms with Crippen molar-refractivity contribution in [1.29, 1.82) is 0 Å². The van der Waals surface area contributed by atoms with Gasteiger partial charge in [-0.1, -0.05) is 37.9 Å². The third-order valence-electron chi connectivity index (χ3n) is 4.47. The van der Waals surface area contributed by atoms with Crippen LogP contribution in [-0.2, 0) is 9.84 Å². The number of rotatable bonds is 5. The normalized spacial score (nSPS) is 26.7. The van der Waals surface area contributed by atoms with E-state index in [-0.39, 0.29) is 11.3 Å². The predicted octanol–water partition coefficient (Wildman–Crippen LogP) is 3.67. The Labute approximate surface area is 133 Å². The molecule has 0 heterocycles. The topological polar surface area (TPSA) is 46.2 Å². The number of nitrogens with one attached hydrogen (secondary N) is 1. The van der Waals surface area contributed by atoms with E-state index in [1.54, 1.807) is 24.3 Å². The zero-order valence-corrected chi connectivity index (χ0v) is 14.3. The molecule has 0 aliphatic heterocycles. The highest BCUT2D eigenvalue weighted by Crippen LogP contribution is 2.34. The van der Waals surface area contributed by atoms with Gasteiger partial charge in [-0.05, 0) is 49.9 Å². The maximum absolute atomic E-state index is 13.0. The molecule has 1 aliphatic rings. The maximum Gasteiger partial charge on any atom is 0.182 e. The van der Waals surface area contributed by atoms with Gasteiger partial charge in [0.15, 0.2) is 9.84 Å². The summed E-state index contributed by atoms with van der Waals surface area (Å²) in [6.45, 7) is 4.96. The van der Waals surface area contributed by atoms with Crippen molar-refractivity contribution in [2.24, 2.45) is 5.92 Å². The van der Waals surface area contributed by atoms with Gasteiger partial charge in [-0.15, -0.1) is 0 Å². The van der Waals surface area contributed by atoms with Crippen LogP contribution < -0.4 is 5.32 Å². The highest BCUT2D eigenvalue weighted by Gasteiger charge is 2.39. The molecule has 0 aromatic heterocycles. The molecule has 5 heteroatoms. The number of sulfone groups is 1. The van der Waals surface area contributed by atoms with Crippen molar-refractivity contribution in [1.82, 2.24) is 5.32 Å². The molecule has 0 saturated heterocycles. The predicted molar refractivity (Wildman–Crippen MR) is 87.5 cm³/mol. The third-order valence-corrected chi connectivity index (χ3v) is 6.93. The second-order valence-corrected chi connectivity index (χ2v) is 8.40. The molecule has 0 spiro atoms. The Morgan fingerprint density at radius 2 is 2.05 bits per heavy atom. The highest BCUT2D eigenvalue weighted by atomic mass is 35.5. The van der Waals surface area contributed by atoms with Crippen LogP contribution in [0.15, 0.2) is 29.2 Å². The molecule has 1 aliphatic carbocycles. The fraction of sp³-hybridized carbons (Fsp3) is 0.625. The van der Waals surface area contributed by atoms with E-state index in [1.165, 1.54) is 0 Å². The molecule has 1 fully saturated rings. The zero-order chi connectivity index (χ0) is 15.5. The van der Waals surface area contributed by atoms with Crippen LogP contribution in [0.3, 0.4) is 0 Å². The fourth-order valence-corrected chi connectivity index (χ4v) is 5.59. The monoisotopic (exact) mass is 329 g/mol. The van der Waals surface area contributed by atoms with E-state index < -0.39 is 9.84 Å². The lowest BCUT2D eigenvalue weighted by atomic mass is 9.84. The maximum atomic E-state index is 13.0. The molecule has 3 atom stereocenters. The molecule has 1 N–H and O–H groups in total. The molecule has 1 aromatic carbocycles. The molecule has 0 amide bonds. The Kier molecular flexibility index (Phi) is 5.69. The Morgan fingerprint density at radius 1 is 1.29 bits per heavy atom. The second kappa shape index (κ2) is 7.12. The van der Waals surface area contributed by atoms with E-state index in [1.807, 2.05) is 6.92 Å². The molecule has 21 heavy (non-hydrogen) atoms. The summed E-state index contributed by atoms with van der Waals surface area (Å²) in [4.78, 5) is 0.347. The highest BCUT2D eigenvalue weighted by molar-refractivity contribution is 7.92. The Hall–Kier alpha value is -0.580. The van der Waals surface area contributed by atoms with Gasteiger partial charge in [-0.3, -0.25) is 0 Å². The van der Waals surface area contributed by atoms with Crippen LogP contribution in [0.1, 0.15) is 39.5 Å². The van der Waals surface area contributed by atoms with Crippen molar-refractivity contribution in [3.8, 4) is 0 Å². The van der Waals surface area contributed by atoms with Gasteiger partial charge in [0.1, 0.15) is 0 Å². The van der Waals surface area contributed by atoms with Gasteiger partial charge in [0.2, 0.25) is 0 Å². The van der Waals surface area contributed by atoms with Crippen LogP contribution in [-0.4, -0.2) is 26.3 Å². The molecule has 0 bridgehead atoms. The van der Waals surface area contributed by atoms with Crippen LogP contribution in [0.4, 0.5) is 0 Å². The first kappa shape index (κ1) is 16.8. The lowest BCUT2D eigenvalue weighted by Gasteiger charge is -2.36. The van der Waals surface area contributed by atoms with Gasteiger partial charge in [-0.2, -0.15) is 0 Å². The van der Waals surface area contributed by atoms with Crippen LogP contribution in [0.2, 0.25) is 5.02 Å². The van der Waals surface area contributed by atoms with Gasteiger partial charge in [0.25, 0.3) is 0 Å². The number of hydrogen-bond acceptors (Lipinski definition) is 3. The zero-order valence-electron chi connectivity index (χ0n) is 12.7. The van der Waals surface area contributed by atoms with Crippen molar-refractivity contribution in [3.05, 3.63) is 29.3 Å². The number of benzene rings is 1. The quantitative estimate of drug-likeness (QED) is 0.896. The summed E-state index contributed by atoms with van der Waals surface area (Å²) in [7, 11) is -3.35. The molecule has 118 valence electrons. The summed E-state index contributed by atoms with van der Waals surface area (Å²) in [5.41, 5.74) is 0. The van der Waals surface area contributed by atoms with Gasteiger partial charge in [0, 0.05) is 11.1 Å². The largest absolute Gasteiger partial charge is 0.313 e. The number of hydrogen-bond donors (Lipinski definition) is 1. The van der Waals surface area contributed by atoms with E-state index >= 15 is 0 Å². The average molecular weight is 330 g/mol. The molecule has 3 nitrogen and oxygen atoms in total. The van der Waals surface area contributed by atoms with Crippen molar-refractivity contribution in [3.63, 3.8) is 0 Å². The molecular formula is C16H24ClNO2S. The number of halogens is 1.